The molecule has 2 heterocycles. The molecule has 3 aromatic rings. The van der Waals surface area contributed by atoms with Gasteiger partial charge in [0, 0.05) is 25.0 Å². The number of pyridine rings is 1. The van der Waals surface area contributed by atoms with E-state index in [-0.39, 0.29) is 0 Å². The van der Waals surface area contributed by atoms with Crippen molar-refractivity contribution in [2.45, 2.75) is 20.0 Å². The maximum Gasteiger partial charge on any atom is 0.411 e. The number of amides is 1. The summed E-state index contributed by atoms with van der Waals surface area (Å²) in [5.74, 6) is 0. The second-order valence-electron chi connectivity index (χ2n) is 5.55. The van der Waals surface area contributed by atoms with Gasteiger partial charge in [0.1, 0.15) is 5.65 Å². The van der Waals surface area contributed by atoms with Crippen molar-refractivity contribution in [2.75, 3.05) is 12.4 Å². The van der Waals surface area contributed by atoms with Crippen molar-refractivity contribution in [1.29, 1.82) is 0 Å². The van der Waals surface area contributed by atoms with E-state index < -0.39 is 6.09 Å². The number of nitrogens with one attached hydrogen (secondary N) is 2. The molecule has 2 N–H and O–H groups in total. The molecule has 0 radical (unpaired) electrons. The van der Waals surface area contributed by atoms with E-state index in [1.807, 2.05) is 42.7 Å². The Morgan fingerprint density at radius 1 is 1.21 bits per heavy atom. The van der Waals surface area contributed by atoms with Crippen LogP contribution in [0.15, 0.2) is 48.8 Å². The Labute approximate surface area is 140 Å². The smallest absolute Gasteiger partial charge is 0.411 e. The first-order valence-corrected chi connectivity index (χ1v) is 7.73. The Morgan fingerprint density at radius 2 is 2.00 bits per heavy atom. The fourth-order valence-corrected chi connectivity index (χ4v) is 2.54. The van der Waals surface area contributed by atoms with Crippen molar-refractivity contribution < 1.29 is 9.53 Å². The van der Waals surface area contributed by atoms with E-state index in [0.29, 0.717) is 5.69 Å². The molecule has 1 aromatic carbocycles. The molecular weight excluding hydrogens is 304 g/mol. The van der Waals surface area contributed by atoms with Gasteiger partial charge in [-0.25, -0.2) is 9.78 Å². The molecule has 6 nitrogen and oxygen atoms in total. The van der Waals surface area contributed by atoms with Crippen LogP contribution >= 0.6 is 0 Å². The largest absolute Gasteiger partial charge is 0.453 e. The van der Waals surface area contributed by atoms with E-state index in [9.17, 15) is 4.79 Å². The highest BCUT2D eigenvalue weighted by molar-refractivity contribution is 5.84. The van der Waals surface area contributed by atoms with Crippen molar-refractivity contribution in [3.8, 4) is 0 Å². The maximum absolute atomic E-state index is 11.1. The number of imidazole rings is 1. The fourth-order valence-electron chi connectivity index (χ4n) is 2.54. The summed E-state index contributed by atoms with van der Waals surface area (Å²) in [6, 6.07) is 11.7. The van der Waals surface area contributed by atoms with Gasteiger partial charge in [-0.3, -0.25) is 5.32 Å². The molecule has 0 unspecified atom stereocenters. The Bertz CT molecular complexity index is 840. The van der Waals surface area contributed by atoms with Crippen molar-refractivity contribution >= 4 is 17.4 Å². The van der Waals surface area contributed by atoms with E-state index in [2.05, 4.69) is 37.7 Å². The van der Waals surface area contributed by atoms with Gasteiger partial charge in [0.25, 0.3) is 0 Å². The number of nitrogens with zero attached hydrogens (tertiary/aromatic N) is 2. The normalized spacial score (nSPS) is 10.8. The third-order valence-corrected chi connectivity index (χ3v) is 3.83. The molecule has 0 aliphatic carbocycles. The number of benzene rings is 1. The van der Waals surface area contributed by atoms with Gasteiger partial charge in [-0.1, -0.05) is 18.2 Å². The number of methoxy groups -OCH3 is 1. The molecule has 3 rings (SSSR count). The third kappa shape index (κ3) is 3.55. The highest BCUT2D eigenvalue weighted by atomic mass is 16.5. The monoisotopic (exact) mass is 324 g/mol. The number of rotatable bonds is 5. The standard InChI is InChI=1S/C18H20N4O2/c1-13-4-3-9-22-16(12-20-17(13)22)11-19-10-14-5-7-15(8-6-14)21-18(23)24-2/h3-9,12,19H,10-11H2,1-2H3,(H,21,23). The van der Waals surface area contributed by atoms with Gasteiger partial charge in [-0.15, -0.1) is 0 Å². The van der Waals surface area contributed by atoms with Gasteiger partial charge in [-0.2, -0.15) is 0 Å². The van der Waals surface area contributed by atoms with Crippen molar-refractivity contribution in [3.63, 3.8) is 0 Å². The zero-order chi connectivity index (χ0) is 16.9. The SMILES string of the molecule is COC(=O)Nc1ccc(CNCc2cnc3c(C)cccn23)cc1. The molecule has 0 saturated carbocycles. The number of aromatic nitrogens is 2. The summed E-state index contributed by atoms with van der Waals surface area (Å²) in [6.45, 7) is 3.52. The van der Waals surface area contributed by atoms with Crippen LogP contribution in [-0.4, -0.2) is 22.6 Å². The van der Waals surface area contributed by atoms with Gasteiger partial charge in [0.2, 0.25) is 0 Å². The van der Waals surface area contributed by atoms with Gasteiger partial charge in [0.05, 0.1) is 19.0 Å². The Balaban J connectivity index is 1.58. The molecule has 6 heteroatoms. The summed E-state index contributed by atoms with van der Waals surface area (Å²) in [5.41, 5.74) is 5.13. The Kier molecular flexibility index (Phi) is 4.77. The van der Waals surface area contributed by atoms with Crippen LogP contribution in [0, 0.1) is 6.92 Å². The number of carbonyl (C=O) groups excluding carboxylic acids is 1. The van der Waals surface area contributed by atoms with Gasteiger partial charge >= 0.3 is 6.09 Å². The summed E-state index contributed by atoms with van der Waals surface area (Å²) in [5, 5.41) is 6.04. The molecule has 0 atom stereocenters. The topological polar surface area (TPSA) is 67.7 Å². The summed E-state index contributed by atoms with van der Waals surface area (Å²) in [7, 11) is 1.34. The zero-order valence-corrected chi connectivity index (χ0v) is 13.7. The van der Waals surface area contributed by atoms with Gasteiger partial charge in [-0.05, 0) is 36.2 Å². The number of aryl methyl sites for hydroxylation is 1. The second kappa shape index (κ2) is 7.14. The average Bonchev–Trinajstić information content (AvgIpc) is 3.01. The molecule has 0 spiro atoms. The summed E-state index contributed by atoms with van der Waals surface area (Å²) in [4.78, 5) is 15.6. The van der Waals surface area contributed by atoms with E-state index in [0.717, 1.165) is 35.6 Å². The first kappa shape index (κ1) is 16.0. The first-order valence-electron chi connectivity index (χ1n) is 7.73. The Morgan fingerprint density at radius 3 is 2.75 bits per heavy atom. The molecule has 0 bridgehead atoms. The quantitative estimate of drug-likeness (QED) is 0.757. The molecule has 0 aliphatic heterocycles. The van der Waals surface area contributed by atoms with Crippen molar-refractivity contribution in [3.05, 3.63) is 65.6 Å². The van der Waals surface area contributed by atoms with Crippen LogP contribution in [-0.2, 0) is 17.8 Å². The van der Waals surface area contributed by atoms with Crippen LogP contribution in [0.4, 0.5) is 10.5 Å². The Hall–Kier alpha value is -2.86. The van der Waals surface area contributed by atoms with Gasteiger partial charge < -0.3 is 14.5 Å². The van der Waals surface area contributed by atoms with Crippen LogP contribution in [0.1, 0.15) is 16.8 Å². The van der Waals surface area contributed by atoms with E-state index >= 15 is 0 Å². The molecular formula is C18H20N4O2. The number of hydrogen-bond acceptors (Lipinski definition) is 4. The number of carbonyl (C=O) groups is 1. The van der Waals surface area contributed by atoms with Crippen molar-refractivity contribution in [1.82, 2.24) is 14.7 Å². The van der Waals surface area contributed by atoms with Crippen LogP contribution in [0.25, 0.3) is 5.65 Å². The second-order valence-corrected chi connectivity index (χ2v) is 5.55. The van der Waals surface area contributed by atoms with Crippen LogP contribution in [0.3, 0.4) is 0 Å². The summed E-state index contributed by atoms with van der Waals surface area (Å²) in [6.07, 6.45) is 3.46. The predicted molar refractivity (Wildman–Crippen MR) is 92.9 cm³/mol. The van der Waals surface area contributed by atoms with E-state index in [4.69, 9.17) is 0 Å². The third-order valence-electron chi connectivity index (χ3n) is 3.83. The molecule has 0 fully saturated rings. The van der Waals surface area contributed by atoms with E-state index in [1.165, 1.54) is 7.11 Å². The minimum Gasteiger partial charge on any atom is -0.453 e. The summed E-state index contributed by atoms with van der Waals surface area (Å²) < 4.78 is 6.67. The van der Waals surface area contributed by atoms with Crippen molar-refractivity contribution in [2.24, 2.45) is 0 Å². The van der Waals surface area contributed by atoms with Crippen LogP contribution in [0.2, 0.25) is 0 Å². The lowest BCUT2D eigenvalue weighted by Crippen LogP contribution is -2.14. The lowest BCUT2D eigenvalue weighted by molar-refractivity contribution is 0.187. The minimum atomic E-state index is -0.469. The molecule has 124 valence electrons. The molecule has 0 aliphatic rings. The maximum atomic E-state index is 11.1. The average molecular weight is 324 g/mol. The fraction of sp³-hybridized carbons (Fsp3) is 0.222. The number of ether oxygens (including phenoxy) is 1. The molecule has 1 amide bonds. The van der Waals surface area contributed by atoms with E-state index in [1.54, 1.807) is 0 Å². The van der Waals surface area contributed by atoms with Gasteiger partial charge in [0.15, 0.2) is 0 Å². The lowest BCUT2D eigenvalue weighted by atomic mass is 10.2. The lowest BCUT2D eigenvalue weighted by Gasteiger charge is -2.07. The van der Waals surface area contributed by atoms with Crippen LogP contribution < -0.4 is 10.6 Å². The summed E-state index contributed by atoms with van der Waals surface area (Å²) >= 11 is 0. The molecule has 2 aromatic heterocycles. The number of anilines is 1. The molecule has 0 saturated heterocycles. The highest BCUT2D eigenvalue weighted by Crippen LogP contribution is 2.12. The minimum absolute atomic E-state index is 0.469. The highest BCUT2D eigenvalue weighted by Gasteiger charge is 2.05. The zero-order valence-electron chi connectivity index (χ0n) is 13.7. The molecule has 24 heavy (non-hydrogen) atoms. The first-order chi connectivity index (χ1) is 11.7. The van der Waals surface area contributed by atoms with Crippen LogP contribution in [0.5, 0.6) is 0 Å². The number of hydrogen-bond donors (Lipinski definition) is 2. The number of fused-ring (bicyclic) bond motifs is 1. The predicted octanol–water partition coefficient (Wildman–Crippen LogP) is 3.11.